The van der Waals surface area contributed by atoms with Crippen LogP contribution in [0.15, 0.2) is 46.3 Å². The lowest BCUT2D eigenvalue weighted by Crippen LogP contribution is -1.97. The molecule has 92 valence electrons. The molecule has 0 spiro atoms. The number of nitrogens with two attached hydrogens (primary N) is 1. The van der Waals surface area contributed by atoms with Crippen LogP contribution in [0.5, 0.6) is 0 Å². The van der Waals surface area contributed by atoms with E-state index < -0.39 is 10.7 Å². The standard InChI is InChI=1S/C11H8FN3O2S/c12-7-2-1-3-8(6-7)18-11-9(15(16)17)4-5-10(13)14-11/h1-6H,(H2,13,14). The summed E-state index contributed by atoms with van der Waals surface area (Å²) < 4.78 is 13.0. The molecule has 1 aromatic heterocycles. The maximum absolute atomic E-state index is 13.0. The van der Waals surface area contributed by atoms with Gasteiger partial charge in [-0.15, -0.1) is 0 Å². The summed E-state index contributed by atoms with van der Waals surface area (Å²) in [5.41, 5.74) is 5.34. The van der Waals surface area contributed by atoms with Gasteiger partial charge >= 0.3 is 5.69 Å². The number of benzene rings is 1. The number of anilines is 1. The molecule has 5 nitrogen and oxygen atoms in total. The summed E-state index contributed by atoms with van der Waals surface area (Å²) in [6.07, 6.45) is 0. The summed E-state index contributed by atoms with van der Waals surface area (Å²) >= 11 is 0.998. The van der Waals surface area contributed by atoms with Crippen LogP contribution in [0.3, 0.4) is 0 Å². The minimum atomic E-state index is -0.548. The average molecular weight is 265 g/mol. The highest BCUT2D eigenvalue weighted by Gasteiger charge is 2.16. The van der Waals surface area contributed by atoms with Crippen LogP contribution >= 0.6 is 11.8 Å². The van der Waals surface area contributed by atoms with Crippen LogP contribution in [0, 0.1) is 15.9 Å². The van der Waals surface area contributed by atoms with E-state index in [1.165, 1.54) is 30.3 Å². The molecule has 0 fully saturated rings. The predicted molar refractivity (Wildman–Crippen MR) is 65.8 cm³/mol. The fourth-order valence-electron chi connectivity index (χ4n) is 1.30. The monoisotopic (exact) mass is 265 g/mol. The molecule has 0 saturated carbocycles. The van der Waals surface area contributed by atoms with Gasteiger partial charge in [-0.3, -0.25) is 10.1 Å². The van der Waals surface area contributed by atoms with Gasteiger partial charge in [0.15, 0.2) is 5.03 Å². The highest BCUT2D eigenvalue weighted by atomic mass is 32.2. The van der Waals surface area contributed by atoms with Crippen LogP contribution in [0.25, 0.3) is 0 Å². The van der Waals surface area contributed by atoms with Gasteiger partial charge in [-0.2, -0.15) is 0 Å². The number of hydrogen-bond donors (Lipinski definition) is 1. The smallest absolute Gasteiger partial charge is 0.301 e. The van der Waals surface area contributed by atoms with Crippen LogP contribution in [0.4, 0.5) is 15.9 Å². The van der Waals surface area contributed by atoms with Crippen LogP contribution in [0.1, 0.15) is 0 Å². The van der Waals surface area contributed by atoms with Gasteiger partial charge in [-0.25, -0.2) is 9.37 Å². The Morgan fingerprint density at radius 2 is 2.11 bits per heavy atom. The van der Waals surface area contributed by atoms with E-state index in [0.717, 1.165) is 11.8 Å². The third-order valence-corrected chi connectivity index (χ3v) is 3.05. The molecular formula is C11H8FN3O2S. The minimum absolute atomic E-state index is 0.144. The van der Waals surface area contributed by atoms with E-state index >= 15 is 0 Å². The van der Waals surface area contributed by atoms with Gasteiger partial charge < -0.3 is 5.73 Å². The molecule has 0 unspecified atom stereocenters. The number of rotatable bonds is 3. The van der Waals surface area contributed by atoms with Gasteiger partial charge in [0.25, 0.3) is 0 Å². The van der Waals surface area contributed by atoms with Crippen molar-refractivity contribution in [1.29, 1.82) is 0 Å². The summed E-state index contributed by atoms with van der Waals surface area (Å²) in [6.45, 7) is 0. The number of nitrogen functional groups attached to an aromatic ring is 1. The van der Waals surface area contributed by atoms with Crippen LogP contribution in [-0.4, -0.2) is 9.91 Å². The normalized spacial score (nSPS) is 10.3. The maximum atomic E-state index is 13.0. The van der Waals surface area contributed by atoms with Gasteiger partial charge in [-0.1, -0.05) is 17.8 Å². The van der Waals surface area contributed by atoms with Crippen molar-refractivity contribution in [1.82, 2.24) is 4.98 Å². The number of pyridine rings is 1. The van der Waals surface area contributed by atoms with Crippen LogP contribution in [0.2, 0.25) is 0 Å². The van der Waals surface area contributed by atoms with Crippen molar-refractivity contribution in [3.8, 4) is 0 Å². The third-order valence-electron chi connectivity index (χ3n) is 2.07. The quantitative estimate of drug-likeness (QED) is 0.681. The Kier molecular flexibility index (Phi) is 3.42. The molecule has 7 heteroatoms. The van der Waals surface area contributed by atoms with Crippen molar-refractivity contribution in [2.45, 2.75) is 9.92 Å². The fraction of sp³-hybridized carbons (Fsp3) is 0. The topological polar surface area (TPSA) is 82.0 Å². The van der Waals surface area contributed by atoms with Gasteiger partial charge in [0, 0.05) is 11.0 Å². The highest BCUT2D eigenvalue weighted by Crippen LogP contribution is 2.33. The molecule has 1 aromatic carbocycles. The average Bonchev–Trinajstić information content (AvgIpc) is 2.28. The van der Waals surface area contributed by atoms with Crippen molar-refractivity contribution >= 4 is 23.3 Å². The van der Waals surface area contributed by atoms with Crippen molar-refractivity contribution in [2.24, 2.45) is 0 Å². The summed E-state index contributed by atoms with van der Waals surface area (Å²) in [5, 5.41) is 11.0. The van der Waals surface area contributed by atoms with Gasteiger partial charge in [0.05, 0.1) is 4.92 Å². The fourth-order valence-corrected chi connectivity index (χ4v) is 2.24. The highest BCUT2D eigenvalue weighted by molar-refractivity contribution is 7.99. The molecule has 0 aliphatic rings. The largest absolute Gasteiger partial charge is 0.384 e. The Morgan fingerprint density at radius 3 is 2.78 bits per heavy atom. The zero-order valence-electron chi connectivity index (χ0n) is 9.04. The van der Waals surface area contributed by atoms with E-state index in [2.05, 4.69) is 4.98 Å². The Balaban J connectivity index is 2.39. The maximum Gasteiger partial charge on any atom is 0.301 e. The zero-order valence-corrected chi connectivity index (χ0v) is 9.86. The molecule has 2 aromatic rings. The molecule has 2 rings (SSSR count). The number of aromatic nitrogens is 1. The molecule has 0 atom stereocenters. The Hall–Kier alpha value is -2.15. The summed E-state index contributed by atoms with van der Waals surface area (Å²) in [4.78, 5) is 14.7. The zero-order chi connectivity index (χ0) is 13.1. The first-order chi connectivity index (χ1) is 8.56. The van der Waals surface area contributed by atoms with E-state index in [1.807, 2.05) is 0 Å². The summed E-state index contributed by atoms with van der Waals surface area (Å²) in [5.74, 6) is -0.231. The first-order valence-corrected chi connectivity index (χ1v) is 5.72. The van der Waals surface area contributed by atoms with Crippen molar-refractivity contribution < 1.29 is 9.31 Å². The van der Waals surface area contributed by atoms with E-state index in [1.54, 1.807) is 6.07 Å². The second-order valence-electron chi connectivity index (χ2n) is 3.38. The van der Waals surface area contributed by atoms with Crippen LogP contribution in [-0.2, 0) is 0 Å². The van der Waals surface area contributed by atoms with Gasteiger partial charge in [0.1, 0.15) is 11.6 Å². The van der Waals surface area contributed by atoms with Crippen molar-refractivity contribution in [3.05, 3.63) is 52.3 Å². The second kappa shape index (κ2) is 5.01. The number of nitro groups is 1. The van der Waals surface area contributed by atoms with Crippen molar-refractivity contribution in [2.75, 3.05) is 5.73 Å². The van der Waals surface area contributed by atoms with Crippen LogP contribution < -0.4 is 5.73 Å². The predicted octanol–water partition coefficient (Wildman–Crippen LogP) is 2.86. The molecule has 0 radical (unpaired) electrons. The Labute approximate surface area is 106 Å². The van der Waals surface area contributed by atoms with Crippen molar-refractivity contribution in [3.63, 3.8) is 0 Å². The lowest BCUT2D eigenvalue weighted by molar-refractivity contribution is -0.388. The summed E-state index contributed by atoms with van der Waals surface area (Å²) in [6, 6.07) is 8.38. The van der Waals surface area contributed by atoms with E-state index in [4.69, 9.17) is 5.73 Å². The molecule has 0 aliphatic carbocycles. The van der Waals surface area contributed by atoms with Gasteiger partial charge in [-0.05, 0) is 24.3 Å². The Morgan fingerprint density at radius 1 is 1.33 bits per heavy atom. The second-order valence-corrected chi connectivity index (χ2v) is 4.44. The number of halogens is 1. The molecule has 0 amide bonds. The molecule has 18 heavy (non-hydrogen) atoms. The lowest BCUT2D eigenvalue weighted by Gasteiger charge is -2.03. The van der Waals surface area contributed by atoms with E-state index in [9.17, 15) is 14.5 Å². The van der Waals surface area contributed by atoms with Gasteiger partial charge in [0.2, 0.25) is 0 Å². The molecule has 0 saturated heterocycles. The molecule has 2 N–H and O–H groups in total. The number of nitrogens with zero attached hydrogens (tertiary/aromatic N) is 2. The minimum Gasteiger partial charge on any atom is -0.384 e. The summed E-state index contributed by atoms with van der Waals surface area (Å²) in [7, 11) is 0. The van der Waals surface area contributed by atoms with E-state index in [-0.39, 0.29) is 16.5 Å². The van der Waals surface area contributed by atoms with E-state index in [0.29, 0.717) is 4.90 Å². The molecule has 0 aliphatic heterocycles. The Bertz CT molecular complexity index is 607. The molecule has 1 heterocycles. The first-order valence-electron chi connectivity index (χ1n) is 4.90. The first kappa shape index (κ1) is 12.3. The molecular weight excluding hydrogens is 257 g/mol. The lowest BCUT2D eigenvalue weighted by atomic mass is 10.3. The number of hydrogen-bond acceptors (Lipinski definition) is 5. The third kappa shape index (κ3) is 2.75. The SMILES string of the molecule is Nc1ccc([N+](=O)[O-])c(Sc2cccc(F)c2)n1. The molecule has 0 bridgehead atoms.